The largest absolute Gasteiger partial charge is 0.449 e. The molecule has 1 aliphatic heterocycles. The second-order valence-electron chi connectivity index (χ2n) is 8.03. The summed E-state index contributed by atoms with van der Waals surface area (Å²) in [7, 11) is 0. The van der Waals surface area contributed by atoms with Crippen molar-refractivity contribution in [2.75, 3.05) is 18.5 Å². The Morgan fingerprint density at radius 2 is 1.64 bits per heavy atom. The van der Waals surface area contributed by atoms with E-state index in [0.717, 1.165) is 5.56 Å². The molecule has 2 N–H and O–H groups in total. The normalized spacial score (nSPS) is 14.1. The number of anilines is 1. The molecule has 0 atom stereocenters. The summed E-state index contributed by atoms with van der Waals surface area (Å²) >= 11 is 0. The molecular formula is C27H22N2O4. The maximum absolute atomic E-state index is 12.2. The molecule has 164 valence electrons. The molecule has 2 aliphatic rings. The Labute approximate surface area is 191 Å². The highest BCUT2D eigenvalue weighted by molar-refractivity contribution is 6.51. The third kappa shape index (κ3) is 4.03. The van der Waals surface area contributed by atoms with Crippen LogP contribution in [-0.2, 0) is 9.53 Å². The number of carbonyl (C=O) groups is 3. The molecule has 0 fully saturated rings. The quantitative estimate of drug-likeness (QED) is 0.429. The van der Waals surface area contributed by atoms with Gasteiger partial charge in [-0.2, -0.15) is 0 Å². The van der Waals surface area contributed by atoms with Crippen molar-refractivity contribution in [3.8, 4) is 11.1 Å². The minimum Gasteiger partial charge on any atom is -0.449 e. The van der Waals surface area contributed by atoms with Crippen LogP contribution in [0.4, 0.5) is 10.5 Å². The van der Waals surface area contributed by atoms with Gasteiger partial charge < -0.3 is 15.4 Å². The molecule has 6 heteroatoms. The van der Waals surface area contributed by atoms with Gasteiger partial charge in [0, 0.05) is 12.5 Å². The van der Waals surface area contributed by atoms with Crippen LogP contribution in [0.5, 0.6) is 0 Å². The van der Waals surface area contributed by atoms with Crippen molar-refractivity contribution < 1.29 is 19.1 Å². The molecule has 3 aromatic rings. The van der Waals surface area contributed by atoms with Crippen molar-refractivity contribution >= 4 is 29.5 Å². The smallest absolute Gasteiger partial charge is 0.407 e. The molecule has 6 nitrogen and oxygen atoms in total. The van der Waals surface area contributed by atoms with Crippen molar-refractivity contribution in [1.82, 2.24) is 5.32 Å². The first-order valence-corrected chi connectivity index (χ1v) is 10.9. The van der Waals surface area contributed by atoms with Crippen LogP contribution < -0.4 is 10.6 Å². The van der Waals surface area contributed by atoms with E-state index in [1.54, 1.807) is 12.1 Å². The molecule has 0 radical (unpaired) electrons. The predicted molar refractivity (Wildman–Crippen MR) is 126 cm³/mol. The summed E-state index contributed by atoms with van der Waals surface area (Å²) < 4.78 is 5.53. The van der Waals surface area contributed by atoms with Gasteiger partial charge in [0.25, 0.3) is 11.7 Å². The molecule has 2 amide bonds. The summed E-state index contributed by atoms with van der Waals surface area (Å²) in [5, 5.41) is 5.31. The summed E-state index contributed by atoms with van der Waals surface area (Å²) in [5.41, 5.74) is 6.50. The Kier molecular flexibility index (Phi) is 5.48. The van der Waals surface area contributed by atoms with Crippen molar-refractivity contribution in [3.05, 3.63) is 95.1 Å². The Balaban J connectivity index is 1.12. The number of rotatable bonds is 6. The third-order valence-electron chi connectivity index (χ3n) is 5.98. The van der Waals surface area contributed by atoms with Crippen LogP contribution in [0.3, 0.4) is 0 Å². The summed E-state index contributed by atoms with van der Waals surface area (Å²) in [6, 6.07) is 21.7. The minimum absolute atomic E-state index is 0.0342. The van der Waals surface area contributed by atoms with Crippen LogP contribution in [0.2, 0.25) is 0 Å². The molecule has 1 heterocycles. The Morgan fingerprint density at radius 1 is 0.939 bits per heavy atom. The molecule has 0 aromatic heterocycles. The Bertz CT molecular complexity index is 1250. The number of amides is 2. The number of ether oxygens (including phenoxy) is 1. The van der Waals surface area contributed by atoms with E-state index in [-0.39, 0.29) is 12.5 Å². The maximum Gasteiger partial charge on any atom is 0.407 e. The van der Waals surface area contributed by atoms with Gasteiger partial charge in [0.05, 0.1) is 11.3 Å². The second-order valence-corrected chi connectivity index (χ2v) is 8.03. The summed E-state index contributed by atoms with van der Waals surface area (Å²) in [6.45, 7) is 0.711. The fourth-order valence-corrected chi connectivity index (χ4v) is 4.39. The molecule has 0 bridgehead atoms. The van der Waals surface area contributed by atoms with Crippen LogP contribution in [0, 0.1) is 0 Å². The number of Topliss-reactive ketones (excluding diaryl/α,β-unsaturated/α-hetero) is 1. The number of carbonyl (C=O) groups excluding carboxylic acids is 3. The molecule has 0 saturated carbocycles. The minimum atomic E-state index is -0.599. The zero-order valence-electron chi connectivity index (χ0n) is 17.8. The molecule has 0 spiro atoms. The van der Waals surface area contributed by atoms with Gasteiger partial charge in [-0.05, 0) is 46.4 Å². The van der Waals surface area contributed by atoms with Gasteiger partial charge in [-0.3, -0.25) is 9.59 Å². The summed E-state index contributed by atoms with van der Waals surface area (Å²) in [4.78, 5) is 35.4. The molecular weight excluding hydrogens is 416 g/mol. The maximum atomic E-state index is 12.2. The van der Waals surface area contributed by atoms with Crippen LogP contribution in [0.1, 0.15) is 39.4 Å². The molecule has 33 heavy (non-hydrogen) atoms. The van der Waals surface area contributed by atoms with Crippen molar-refractivity contribution in [2.45, 2.75) is 12.3 Å². The lowest BCUT2D eigenvalue weighted by atomic mass is 9.98. The zero-order chi connectivity index (χ0) is 22.8. The number of ketones is 1. The number of hydrogen-bond donors (Lipinski definition) is 2. The van der Waals surface area contributed by atoms with E-state index < -0.39 is 17.8 Å². The van der Waals surface area contributed by atoms with Gasteiger partial charge in [-0.1, -0.05) is 66.7 Å². The first kappa shape index (κ1) is 20.7. The molecule has 3 aromatic carbocycles. The fraction of sp³-hybridized carbons (Fsp3) is 0.148. The standard InChI is InChI=1S/C27H22N2O4/c30-25-22-15-17(12-13-24(22)29-26(25)31)7-5-6-14-28-27(32)33-16-23-20-10-3-1-8-18(20)19-9-2-4-11-21(19)23/h1-5,7-13,15,23H,6,14,16H2,(H,28,32)(H,29,30,31). The van der Waals surface area contributed by atoms with E-state index in [2.05, 4.69) is 34.9 Å². The average Bonchev–Trinajstić information content (AvgIpc) is 3.31. The Morgan fingerprint density at radius 3 is 2.36 bits per heavy atom. The fourth-order valence-electron chi connectivity index (χ4n) is 4.39. The first-order chi connectivity index (χ1) is 16.1. The molecule has 5 rings (SSSR count). The monoisotopic (exact) mass is 438 g/mol. The van der Waals surface area contributed by atoms with E-state index in [1.165, 1.54) is 22.3 Å². The van der Waals surface area contributed by atoms with E-state index in [4.69, 9.17) is 4.74 Å². The topological polar surface area (TPSA) is 84.5 Å². The lowest BCUT2D eigenvalue weighted by Gasteiger charge is -2.14. The average molecular weight is 438 g/mol. The van der Waals surface area contributed by atoms with Gasteiger partial charge >= 0.3 is 6.09 Å². The molecule has 0 saturated heterocycles. The Hall–Kier alpha value is -4.19. The first-order valence-electron chi connectivity index (χ1n) is 10.9. The van der Waals surface area contributed by atoms with Gasteiger partial charge in [-0.25, -0.2) is 4.79 Å². The van der Waals surface area contributed by atoms with Crippen LogP contribution in [0.15, 0.2) is 72.8 Å². The highest BCUT2D eigenvalue weighted by Gasteiger charge is 2.29. The SMILES string of the molecule is O=C(NCCC=Cc1ccc2c(c1)C(=O)C(=O)N2)OCC1c2ccccc2-c2ccccc21. The van der Waals surface area contributed by atoms with Gasteiger partial charge in [0.15, 0.2) is 0 Å². The van der Waals surface area contributed by atoms with Crippen molar-refractivity contribution in [2.24, 2.45) is 0 Å². The highest BCUT2D eigenvalue weighted by atomic mass is 16.5. The third-order valence-corrected chi connectivity index (χ3v) is 5.98. The number of alkyl carbamates (subject to hydrolysis) is 1. The second kappa shape index (κ2) is 8.74. The zero-order valence-corrected chi connectivity index (χ0v) is 17.8. The number of benzene rings is 3. The van der Waals surface area contributed by atoms with Gasteiger partial charge in [0.2, 0.25) is 0 Å². The predicted octanol–water partition coefficient (Wildman–Crippen LogP) is 4.76. The summed E-state index contributed by atoms with van der Waals surface area (Å²) in [6.07, 6.45) is 3.92. The highest BCUT2D eigenvalue weighted by Crippen LogP contribution is 2.44. The van der Waals surface area contributed by atoms with Crippen LogP contribution >= 0.6 is 0 Å². The summed E-state index contributed by atoms with van der Waals surface area (Å²) in [5.74, 6) is -1.08. The molecule has 0 unspecified atom stereocenters. The van der Waals surface area contributed by atoms with E-state index in [1.807, 2.05) is 42.5 Å². The van der Waals surface area contributed by atoms with Crippen LogP contribution in [0.25, 0.3) is 17.2 Å². The number of fused-ring (bicyclic) bond motifs is 4. The van der Waals surface area contributed by atoms with Crippen molar-refractivity contribution in [1.29, 1.82) is 0 Å². The number of nitrogens with one attached hydrogen (secondary N) is 2. The van der Waals surface area contributed by atoms with E-state index >= 15 is 0 Å². The van der Waals surface area contributed by atoms with Crippen molar-refractivity contribution in [3.63, 3.8) is 0 Å². The van der Waals surface area contributed by atoms with E-state index in [0.29, 0.717) is 24.2 Å². The molecule has 1 aliphatic carbocycles. The lowest BCUT2D eigenvalue weighted by Crippen LogP contribution is -2.26. The van der Waals surface area contributed by atoms with Gasteiger partial charge in [-0.15, -0.1) is 0 Å². The lowest BCUT2D eigenvalue weighted by molar-refractivity contribution is -0.112. The van der Waals surface area contributed by atoms with E-state index in [9.17, 15) is 14.4 Å². The van der Waals surface area contributed by atoms with Crippen LogP contribution in [-0.4, -0.2) is 30.9 Å². The van der Waals surface area contributed by atoms with Gasteiger partial charge in [0.1, 0.15) is 6.61 Å². The number of hydrogen-bond acceptors (Lipinski definition) is 4.